The van der Waals surface area contributed by atoms with Crippen molar-refractivity contribution in [1.82, 2.24) is 4.98 Å². The van der Waals surface area contributed by atoms with E-state index >= 15 is 0 Å². The first-order chi connectivity index (χ1) is 13.6. The third-order valence-corrected chi connectivity index (χ3v) is 7.02. The highest BCUT2D eigenvalue weighted by atomic mass is 35.5. The Morgan fingerprint density at radius 2 is 1.82 bits per heavy atom. The maximum absolute atomic E-state index is 13.1. The number of amides is 2. The molecule has 5 nitrogen and oxygen atoms in total. The molecular weight excluding hydrogens is 414 g/mol. The van der Waals surface area contributed by atoms with E-state index < -0.39 is 0 Å². The summed E-state index contributed by atoms with van der Waals surface area (Å²) >= 11 is 8.67. The number of thiophene rings is 2. The summed E-state index contributed by atoms with van der Waals surface area (Å²) in [6.07, 6.45) is 6.71. The molecule has 0 atom stereocenters. The molecule has 0 bridgehead atoms. The molecule has 4 rings (SSSR count). The minimum absolute atomic E-state index is 0.238. The Hall–Kier alpha value is -2.22. The van der Waals surface area contributed by atoms with E-state index in [1.54, 1.807) is 30.5 Å². The summed E-state index contributed by atoms with van der Waals surface area (Å²) in [5.74, 6) is 0.00111. The lowest BCUT2D eigenvalue weighted by Crippen LogP contribution is -2.18. The first-order valence-corrected chi connectivity index (χ1v) is 11.1. The number of carbonyl (C=O) groups is 2. The lowest BCUT2D eigenvalue weighted by atomic mass is 10.0. The fraction of sp³-hybridized carbons (Fsp3) is 0.250. The van der Waals surface area contributed by atoms with Gasteiger partial charge < -0.3 is 10.6 Å². The summed E-state index contributed by atoms with van der Waals surface area (Å²) < 4.78 is 0.556. The number of nitrogens with zero attached hydrogens (tertiary/aromatic N) is 1. The topological polar surface area (TPSA) is 71.1 Å². The van der Waals surface area contributed by atoms with E-state index in [1.165, 1.54) is 27.6 Å². The Morgan fingerprint density at radius 3 is 2.57 bits per heavy atom. The van der Waals surface area contributed by atoms with Crippen molar-refractivity contribution in [1.29, 1.82) is 0 Å². The second-order valence-corrected chi connectivity index (χ2v) is 9.32. The highest BCUT2D eigenvalue weighted by molar-refractivity contribution is 7.18. The fourth-order valence-corrected chi connectivity index (χ4v) is 5.51. The van der Waals surface area contributed by atoms with Gasteiger partial charge in [0.05, 0.1) is 14.8 Å². The number of pyridine rings is 1. The molecule has 2 amide bonds. The quantitative estimate of drug-likeness (QED) is 0.525. The summed E-state index contributed by atoms with van der Waals surface area (Å²) in [4.78, 5) is 31.6. The molecule has 144 valence electrons. The van der Waals surface area contributed by atoms with Gasteiger partial charge in [0.2, 0.25) is 0 Å². The third kappa shape index (κ3) is 4.11. The van der Waals surface area contributed by atoms with Gasteiger partial charge in [0, 0.05) is 11.1 Å². The van der Waals surface area contributed by atoms with Crippen molar-refractivity contribution in [3.63, 3.8) is 0 Å². The van der Waals surface area contributed by atoms with Gasteiger partial charge in [-0.15, -0.1) is 22.7 Å². The van der Waals surface area contributed by atoms with Crippen LogP contribution < -0.4 is 10.6 Å². The highest BCUT2D eigenvalue weighted by Crippen LogP contribution is 2.38. The third-order valence-electron chi connectivity index (χ3n) is 4.58. The van der Waals surface area contributed by atoms with Gasteiger partial charge in [0.1, 0.15) is 10.8 Å². The van der Waals surface area contributed by atoms with Crippen LogP contribution in [-0.2, 0) is 12.8 Å². The molecule has 1 aliphatic carbocycles. The number of nitrogens with one attached hydrogen (secondary N) is 2. The first-order valence-electron chi connectivity index (χ1n) is 9.05. The molecule has 1 aliphatic rings. The molecule has 0 unspecified atom stereocenters. The maximum atomic E-state index is 13.1. The number of carbonyl (C=O) groups excluding carboxylic acids is 2. The van der Waals surface area contributed by atoms with E-state index in [-0.39, 0.29) is 11.8 Å². The molecule has 2 N–H and O–H groups in total. The van der Waals surface area contributed by atoms with Crippen LogP contribution in [0.15, 0.2) is 36.5 Å². The summed E-state index contributed by atoms with van der Waals surface area (Å²) in [5.41, 5.74) is 1.61. The Labute approximate surface area is 175 Å². The van der Waals surface area contributed by atoms with Crippen LogP contribution in [-0.4, -0.2) is 16.8 Å². The Morgan fingerprint density at radius 1 is 0.964 bits per heavy atom. The van der Waals surface area contributed by atoms with E-state index in [9.17, 15) is 9.59 Å². The standard InChI is InChI=1S/C20H18ClN3O2S2/c21-15-10-9-14(27-15)18(25)24-20-17(12-6-2-1-3-7-13(12)28-20)19(26)23-16-8-4-5-11-22-16/h4-5,8-11H,1-3,6-7H2,(H,24,25)(H,22,23,26). The zero-order chi connectivity index (χ0) is 19.5. The van der Waals surface area contributed by atoms with Crippen LogP contribution in [0.1, 0.15) is 49.7 Å². The SMILES string of the molecule is O=C(Nc1sc2c(c1C(=O)Nc1ccccn1)CCCCC2)c1ccc(Cl)s1. The second kappa shape index (κ2) is 8.43. The van der Waals surface area contributed by atoms with Gasteiger partial charge in [-0.25, -0.2) is 4.98 Å². The average molecular weight is 432 g/mol. The molecule has 0 fully saturated rings. The summed E-state index contributed by atoms with van der Waals surface area (Å²) in [6.45, 7) is 0. The molecule has 3 aromatic heterocycles. The van der Waals surface area contributed by atoms with Crippen molar-refractivity contribution >= 4 is 56.9 Å². The van der Waals surface area contributed by atoms with Gasteiger partial charge in [0.25, 0.3) is 11.8 Å². The molecular formula is C20H18ClN3O2S2. The average Bonchev–Trinajstić information content (AvgIpc) is 3.19. The predicted molar refractivity (Wildman–Crippen MR) is 115 cm³/mol. The van der Waals surface area contributed by atoms with Crippen LogP contribution in [0.4, 0.5) is 10.8 Å². The Bertz CT molecular complexity index is 1010. The number of hydrogen-bond donors (Lipinski definition) is 2. The molecule has 0 spiro atoms. The molecule has 3 heterocycles. The Balaban J connectivity index is 1.67. The lowest BCUT2D eigenvalue weighted by Gasteiger charge is -2.09. The molecule has 0 aliphatic heterocycles. The normalized spacial score (nSPS) is 13.5. The number of anilines is 2. The first kappa shape index (κ1) is 19.1. The van der Waals surface area contributed by atoms with Crippen LogP contribution in [0, 0.1) is 0 Å². The van der Waals surface area contributed by atoms with Gasteiger partial charge in [0.15, 0.2) is 0 Å². The van der Waals surface area contributed by atoms with Gasteiger partial charge in [-0.05, 0) is 55.5 Å². The van der Waals surface area contributed by atoms with Crippen molar-refractivity contribution in [2.75, 3.05) is 10.6 Å². The van der Waals surface area contributed by atoms with E-state index in [4.69, 9.17) is 11.6 Å². The fourth-order valence-electron chi connectivity index (χ4n) is 3.29. The smallest absolute Gasteiger partial charge is 0.266 e. The van der Waals surface area contributed by atoms with Gasteiger partial charge >= 0.3 is 0 Å². The number of aromatic nitrogens is 1. The summed E-state index contributed by atoms with van der Waals surface area (Å²) in [7, 11) is 0. The minimum Gasteiger partial charge on any atom is -0.312 e. The monoisotopic (exact) mass is 431 g/mol. The zero-order valence-corrected chi connectivity index (χ0v) is 17.3. The lowest BCUT2D eigenvalue weighted by molar-refractivity contribution is 0.102. The van der Waals surface area contributed by atoms with Crippen LogP contribution >= 0.6 is 34.3 Å². The molecule has 8 heteroatoms. The molecule has 28 heavy (non-hydrogen) atoms. The minimum atomic E-state index is -0.250. The van der Waals surface area contributed by atoms with Gasteiger partial charge in [-0.2, -0.15) is 0 Å². The van der Waals surface area contributed by atoms with Gasteiger partial charge in [-0.3, -0.25) is 9.59 Å². The molecule has 0 aromatic carbocycles. The van der Waals surface area contributed by atoms with E-state index in [1.807, 2.05) is 6.07 Å². The maximum Gasteiger partial charge on any atom is 0.266 e. The van der Waals surface area contributed by atoms with Crippen molar-refractivity contribution < 1.29 is 9.59 Å². The van der Waals surface area contributed by atoms with E-state index in [0.29, 0.717) is 25.6 Å². The van der Waals surface area contributed by atoms with Crippen LogP contribution in [0.3, 0.4) is 0 Å². The van der Waals surface area contributed by atoms with Crippen LogP contribution in [0.2, 0.25) is 4.34 Å². The van der Waals surface area contributed by atoms with Gasteiger partial charge in [-0.1, -0.05) is 24.1 Å². The van der Waals surface area contributed by atoms with Crippen molar-refractivity contribution in [3.05, 3.63) is 61.7 Å². The summed E-state index contributed by atoms with van der Waals surface area (Å²) in [6, 6.07) is 8.74. The highest BCUT2D eigenvalue weighted by Gasteiger charge is 2.26. The van der Waals surface area contributed by atoms with Crippen molar-refractivity contribution in [2.24, 2.45) is 0 Å². The molecule has 0 saturated heterocycles. The van der Waals surface area contributed by atoms with Crippen LogP contribution in [0.25, 0.3) is 0 Å². The second-order valence-electron chi connectivity index (χ2n) is 6.50. The molecule has 3 aromatic rings. The predicted octanol–water partition coefficient (Wildman–Crippen LogP) is 5.63. The number of hydrogen-bond acceptors (Lipinski definition) is 5. The molecule has 0 saturated carbocycles. The van der Waals surface area contributed by atoms with E-state index in [0.717, 1.165) is 37.7 Å². The van der Waals surface area contributed by atoms with E-state index in [2.05, 4.69) is 15.6 Å². The van der Waals surface area contributed by atoms with Crippen molar-refractivity contribution in [3.8, 4) is 0 Å². The number of fused-ring (bicyclic) bond motifs is 1. The number of halogens is 1. The number of aryl methyl sites for hydroxylation is 1. The van der Waals surface area contributed by atoms with Crippen molar-refractivity contribution in [2.45, 2.75) is 32.1 Å². The Kier molecular flexibility index (Phi) is 5.75. The zero-order valence-electron chi connectivity index (χ0n) is 15.0. The molecule has 0 radical (unpaired) electrons. The summed E-state index contributed by atoms with van der Waals surface area (Å²) in [5, 5.41) is 6.39. The largest absolute Gasteiger partial charge is 0.312 e. The van der Waals surface area contributed by atoms with Crippen LogP contribution in [0.5, 0.6) is 0 Å². The number of rotatable bonds is 4.